The zero-order valence-electron chi connectivity index (χ0n) is 21.0. The molecular formula is C28H44NO5-. The zero-order chi connectivity index (χ0) is 24.9. The van der Waals surface area contributed by atoms with Crippen molar-refractivity contribution >= 4 is 17.8 Å². The van der Waals surface area contributed by atoms with Gasteiger partial charge in [0.25, 0.3) is 0 Å². The van der Waals surface area contributed by atoms with E-state index in [1.807, 2.05) is 30.3 Å². The zero-order valence-corrected chi connectivity index (χ0v) is 21.0. The molecule has 6 heteroatoms. The molecule has 0 spiro atoms. The van der Waals surface area contributed by atoms with Crippen molar-refractivity contribution in [2.45, 2.75) is 122 Å². The van der Waals surface area contributed by atoms with E-state index >= 15 is 0 Å². The SMILES string of the molecule is CCCCCCCCCCCCCCCC(=O)N[C@@H](CCC(=O)OCc1ccccc1)C(=O)[O-]. The molecule has 0 aliphatic rings. The summed E-state index contributed by atoms with van der Waals surface area (Å²) in [5.41, 5.74) is 0.860. The highest BCUT2D eigenvalue weighted by molar-refractivity contribution is 5.83. The summed E-state index contributed by atoms with van der Waals surface area (Å²) in [5.74, 6) is -2.19. The first-order chi connectivity index (χ1) is 16.5. The number of unbranched alkanes of at least 4 members (excludes halogenated alkanes) is 12. The van der Waals surface area contributed by atoms with Crippen LogP contribution in [0.25, 0.3) is 0 Å². The average molecular weight is 475 g/mol. The van der Waals surface area contributed by atoms with Crippen molar-refractivity contribution in [3.63, 3.8) is 0 Å². The Bertz CT molecular complexity index is 677. The molecule has 6 nitrogen and oxygen atoms in total. The van der Waals surface area contributed by atoms with Crippen molar-refractivity contribution in [2.75, 3.05) is 0 Å². The molecule has 1 aromatic rings. The van der Waals surface area contributed by atoms with Crippen LogP contribution < -0.4 is 10.4 Å². The molecule has 0 bridgehead atoms. The molecule has 1 rings (SSSR count). The number of rotatable bonds is 21. The maximum Gasteiger partial charge on any atom is 0.306 e. The van der Waals surface area contributed by atoms with E-state index < -0.39 is 18.0 Å². The van der Waals surface area contributed by atoms with E-state index in [-0.39, 0.29) is 25.4 Å². The minimum atomic E-state index is -1.38. The van der Waals surface area contributed by atoms with Crippen LogP contribution in [-0.4, -0.2) is 23.9 Å². The third-order valence-corrected chi connectivity index (χ3v) is 6.01. The molecular weight excluding hydrogens is 430 g/mol. The number of carbonyl (C=O) groups excluding carboxylic acids is 3. The molecule has 0 aromatic heterocycles. The normalized spacial score (nSPS) is 11.7. The van der Waals surface area contributed by atoms with Gasteiger partial charge in [0.2, 0.25) is 5.91 Å². The molecule has 192 valence electrons. The lowest BCUT2D eigenvalue weighted by atomic mass is 10.0. The van der Waals surface area contributed by atoms with Crippen molar-refractivity contribution in [1.82, 2.24) is 5.32 Å². The Morgan fingerprint density at radius 3 is 1.85 bits per heavy atom. The van der Waals surface area contributed by atoms with E-state index in [0.29, 0.717) is 6.42 Å². The van der Waals surface area contributed by atoms with E-state index in [2.05, 4.69) is 12.2 Å². The molecule has 0 radical (unpaired) electrons. The largest absolute Gasteiger partial charge is 0.548 e. The molecule has 0 heterocycles. The van der Waals surface area contributed by atoms with E-state index in [9.17, 15) is 19.5 Å². The second kappa shape index (κ2) is 20.0. The van der Waals surface area contributed by atoms with E-state index in [1.54, 1.807) is 0 Å². The summed E-state index contributed by atoms with van der Waals surface area (Å²) >= 11 is 0. The molecule has 0 unspecified atom stereocenters. The second-order valence-electron chi connectivity index (χ2n) is 9.12. The number of hydrogen-bond donors (Lipinski definition) is 1. The minimum absolute atomic E-state index is 0.0414. The number of hydrogen-bond acceptors (Lipinski definition) is 5. The standard InChI is InChI=1S/C28H45NO5/c1-2-3-4-5-6-7-8-9-10-11-12-13-17-20-26(30)29-25(28(32)33)21-22-27(31)34-23-24-18-15-14-16-19-24/h14-16,18-19,25H,2-13,17,20-23H2,1H3,(H,29,30)(H,32,33)/p-1/t25-/m0/s1. The van der Waals surface area contributed by atoms with Gasteiger partial charge in [-0.05, 0) is 18.4 Å². The Labute approximate surface area is 205 Å². The van der Waals surface area contributed by atoms with Crippen LogP contribution in [0.3, 0.4) is 0 Å². The number of amides is 1. The molecule has 0 fully saturated rings. The maximum absolute atomic E-state index is 12.1. The molecule has 34 heavy (non-hydrogen) atoms. The van der Waals surface area contributed by atoms with Crippen LogP contribution in [0.2, 0.25) is 0 Å². The molecule has 1 atom stereocenters. The van der Waals surface area contributed by atoms with Crippen LogP contribution in [0.1, 0.15) is 115 Å². The lowest BCUT2D eigenvalue weighted by molar-refractivity contribution is -0.308. The summed E-state index contributed by atoms with van der Waals surface area (Å²) in [5, 5.41) is 13.8. The molecule has 0 aliphatic heterocycles. The fraction of sp³-hybridized carbons (Fsp3) is 0.679. The third-order valence-electron chi connectivity index (χ3n) is 6.01. The number of benzene rings is 1. The van der Waals surface area contributed by atoms with Crippen molar-refractivity contribution in [1.29, 1.82) is 0 Å². The first kappa shape index (κ1) is 29.7. The summed E-state index contributed by atoms with van der Waals surface area (Å²) in [6, 6.07) is 8.07. The fourth-order valence-electron chi connectivity index (χ4n) is 3.89. The maximum atomic E-state index is 12.1. The third kappa shape index (κ3) is 16.3. The Kier molecular flexibility index (Phi) is 17.5. The summed E-state index contributed by atoms with van der Waals surface area (Å²) in [4.78, 5) is 35.3. The minimum Gasteiger partial charge on any atom is -0.548 e. The van der Waals surface area contributed by atoms with Crippen LogP contribution >= 0.6 is 0 Å². The summed E-state index contributed by atoms with van der Waals surface area (Å²) in [6.07, 6.45) is 16.1. The smallest absolute Gasteiger partial charge is 0.306 e. The molecule has 0 saturated carbocycles. The topological polar surface area (TPSA) is 95.5 Å². The molecule has 0 aliphatic carbocycles. The number of ether oxygens (including phenoxy) is 1. The highest BCUT2D eigenvalue weighted by atomic mass is 16.5. The van der Waals surface area contributed by atoms with Gasteiger partial charge in [-0.3, -0.25) is 9.59 Å². The number of nitrogens with one attached hydrogen (secondary N) is 1. The van der Waals surface area contributed by atoms with E-state index in [4.69, 9.17) is 4.74 Å². The van der Waals surface area contributed by atoms with Gasteiger partial charge < -0.3 is 20.0 Å². The molecule has 1 aromatic carbocycles. The first-order valence-corrected chi connectivity index (χ1v) is 13.2. The fourth-order valence-corrected chi connectivity index (χ4v) is 3.89. The summed E-state index contributed by atoms with van der Waals surface area (Å²) < 4.78 is 5.15. The first-order valence-electron chi connectivity index (χ1n) is 13.2. The van der Waals surface area contributed by atoms with Crippen molar-refractivity contribution in [3.8, 4) is 0 Å². The van der Waals surface area contributed by atoms with Gasteiger partial charge in [0.05, 0.1) is 12.0 Å². The lowest BCUT2D eigenvalue weighted by Gasteiger charge is -2.19. The predicted octanol–water partition coefficient (Wildman–Crippen LogP) is 5.23. The lowest BCUT2D eigenvalue weighted by Crippen LogP contribution is -2.48. The van der Waals surface area contributed by atoms with Gasteiger partial charge >= 0.3 is 5.97 Å². The highest BCUT2D eigenvalue weighted by Gasteiger charge is 2.16. The predicted molar refractivity (Wildman–Crippen MR) is 133 cm³/mol. The van der Waals surface area contributed by atoms with Crippen LogP contribution in [-0.2, 0) is 25.7 Å². The van der Waals surface area contributed by atoms with E-state index in [0.717, 1.165) is 24.8 Å². The van der Waals surface area contributed by atoms with Gasteiger partial charge in [-0.25, -0.2) is 0 Å². The van der Waals surface area contributed by atoms with Gasteiger partial charge in [-0.1, -0.05) is 114 Å². The van der Waals surface area contributed by atoms with Crippen molar-refractivity contribution in [3.05, 3.63) is 35.9 Å². The Balaban J connectivity index is 2.05. The number of aliphatic carboxylic acids is 1. The molecule has 0 saturated heterocycles. The summed E-state index contributed by atoms with van der Waals surface area (Å²) in [7, 11) is 0. The second-order valence-corrected chi connectivity index (χ2v) is 9.12. The quantitative estimate of drug-likeness (QED) is 0.194. The highest BCUT2D eigenvalue weighted by Crippen LogP contribution is 2.13. The van der Waals surface area contributed by atoms with Gasteiger partial charge in [0, 0.05) is 12.8 Å². The number of esters is 1. The van der Waals surface area contributed by atoms with Crippen LogP contribution in [0.15, 0.2) is 30.3 Å². The van der Waals surface area contributed by atoms with Crippen molar-refractivity contribution in [2.24, 2.45) is 0 Å². The van der Waals surface area contributed by atoms with Gasteiger partial charge in [-0.15, -0.1) is 0 Å². The van der Waals surface area contributed by atoms with Crippen LogP contribution in [0.4, 0.5) is 0 Å². The molecule has 1 amide bonds. The number of carboxylic acid groups (broad SMARTS) is 1. The monoisotopic (exact) mass is 474 g/mol. The molecule has 1 N–H and O–H groups in total. The van der Waals surface area contributed by atoms with E-state index in [1.165, 1.54) is 64.2 Å². The van der Waals surface area contributed by atoms with Gasteiger partial charge in [0.1, 0.15) is 6.61 Å². The van der Waals surface area contributed by atoms with Gasteiger partial charge in [-0.2, -0.15) is 0 Å². The Hall–Kier alpha value is -2.37. The Morgan fingerprint density at radius 1 is 0.794 bits per heavy atom. The van der Waals surface area contributed by atoms with Crippen LogP contribution in [0.5, 0.6) is 0 Å². The number of carboxylic acids is 1. The summed E-state index contributed by atoms with van der Waals surface area (Å²) in [6.45, 7) is 2.38. The average Bonchev–Trinajstić information content (AvgIpc) is 2.83. The van der Waals surface area contributed by atoms with Gasteiger partial charge in [0.15, 0.2) is 0 Å². The Morgan fingerprint density at radius 2 is 1.32 bits per heavy atom. The number of carbonyl (C=O) groups is 3. The van der Waals surface area contributed by atoms with Crippen LogP contribution in [0, 0.1) is 0 Å². The van der Waals surface area contributed by atoms with Crippen molar-refractivity contribution < 1.29 is 24.2 Å².